The molecule has 7 nitrogen and oxygen atoms in total. The number of rotatable bonds is 8. The summed E-state index contributed by atoms with van der Waals surface area (Å²) >= 11 is 0. The van der Waals surface area contributed by atoms with Crippen LogP contribution in [0.15, 0.2) is 42.5 Å². The Labute approximate surface area is 244 Å². The summed E-state index contributed by atoms with van der Waals surface area (Å²) < 4.78 is 2.57. The van der Waals surface area contributed by atoms with Crippen molar-refractivity contribution >= 4 is 38.5 Å². The number of fused-ring (bicyclic) bond motifs is 5. The van der Waals surface area contributed by atoms with Gasteiger partial charge in [0.05, 0.1) is 33.9 Å². The fourth-order valence-corrected chi connectivity index (χ4v) is 7.43. The summed E-state index contributed by atoms with van der Waals surface area (Å²) in [5.74, 6) is 0. The normalized spacial score (nSPS) is 20.0. The van der Waals surface area contributed by atoms with Gasteiger partial charge in [-0.25, -0.2) is 4.98 Å². The van der Waals surface area contributed by atoms with Gasteiger partial charge in [0.15, 0.2) is 0 Å². The molecule has 0 amide bonds. The first kappa shape index (κ1) is 27.1. The molecule has 1 N–H and O–H groups in total. The Morgan fingerprint density at radius 2 is 1.59 bits per heavy atom. The molecule has 7 rings (SSSR count). The Hall–Kier alpha value is -2.71. The lowest BCUT2D eigenvalue weighted by molar-refractivity contribution is 0.0821. The quantitative estimate of drug-likeness (QED) is 0.344. The molecule has 0 aliphatic carbocycles. The zero-order valence-corrected chi connectivity index (χ0v) is 24.8. The van der Waals surface area contributed by atoms with E-state index in [0.717, 1.165) is 76.9 Å². The Balaban J connectivity index is 1.18. The van der Waals surface area contributed by atoms with E-state index in [1.807, 2.05) is 0 Å². The minimum atomic E-state index is -0.0980. The summed E-state index contributed by atoms with van der Waals surface area (Å²) in [6.07, 6.45) is 6.33. The molecule has 5 heterocycles. The van der Waals surface area contributed by atoms with E-state index >= 15 is 0 Å². The highest BCUT2D eigenvalue weighted by Gasteiger charge is 2.25. The third-order valence-electron chi connectivity index (χ3n) is 9.84. The van der Waals surface area contributed by atoms with E-state index in [-0.39, 0.29) is 6.10 Å². The van der Waals surface area contributed by atoms with Crippen LogP contribution in [0.2, 0.25) is 0 Å². The molecule has 4 aromatic rings. The molecule has 0 spiro atoms. The first-order valence-electron chi connectivity index (χ1n) is 16.0. The fourth-order valence-electron chi connectivity index (χ4n) is 7.43. The van der Waals surface area contributed by atoms with Crippen LogP contribution in [-0.2, 0) is 13.0 Å². The highest BCUT2D eigenvalue weighted by atomic mass is 16.3. The van der Waals surface area contributed by atoms with Crippen molar-refractivity contribution in [2.24, 2.45) is 0 Å². The van der Waals surface area contributed by atoms with Crippen molar-refractivity contribution < 1.29 is 5.11 Å². The molecule has 7 heteroatoms. The zero-order valence-electron chi connectivity index (χ0n) is 24.8. The van der Waals surface area contributed by atoms with Gasteiger partial charge in [-0.3, -0.25) is 0 Å². The SMILES string of the molecule is CN1CCN(CCCN2CCCn3c4ccc(CCCN5CCC(O)CC5)cc4c4nc5ccccc5c2c43)CC1. The number of para-hydroxylation sites is 1. The molecule has 2 aromatic carbocycles. The van der Waals surface area contributed by atoms with E-state index in [0.29, 0.717) is 0 Å². The molecular weight excluding hydrogens is 508 g/mol. The van der Waals surface area contributed by atoms with Crippen molar-refractivity contribution in [3.05, 3.63) is 48.0 Å². The standard InChI is InChI=1S/C34H46N6O/c1-36-21-23-38(24-22-36)15-5-16-39-17-6-18-40-31-11-10-26(7-4-14-37-19-12-27(41)13-20-37)25-29(31)32-34(40)33(39)28-8-2-3-9-30(28)35-32/h2-3,8-11,25,27,41H,4-7,12-24H2,1H3. The lowest BCUT2D eigenvalue weighted by atomic mass is 10.0. The van der Waals surface area contributed by atoms with E-state index in [1.165, 1.54) is 77.7 Å². The zero-order chi connectivity index (χ0) is 27.8. The van der Waals surface area contributed by atoms with Crippen LogP contribution in [0.4, 0.5) is 5.69 Å². The summed E-state index contributed by atoms with van der Waals surface area (Å²) in [7, 11) is 2.23. The average Bonchev–Trinajstić information content (AvgIpc) is 3.16. The van der Waals surface area contributed by atoms with Crippen molar-refractivity contribution in [2.45, 2.75) is 51.2 Å². The molecule has 218 valence electrons. The minimum absolute atomic E-state index is 0.0980. The number of hydrogen-bond acceptors (Lipinski definition) is 6. The van der Waals surface area contributed by atoms with Gasteiger partial charge in [0, 0.05) is 69.7 Å². The Kier molecular flexibility index (Phi) is 7.87. The van der Waals surface area contributed by atoms with Crippen LogP contribution in [0, 0.1) is 0 Å². The first-order valence-corrected chi connectivity index (χ1v) is 16.0. The van der Waals surface area contributed by atoms with E-state index in [9.17, 15) is 5.11 Å². The molecule has 3 aliphatic rings. The molecule has 3 aliphatic heterocycles. The maximum atomic E-state index is 9.83. The van der Waals surface area contributed by atoms with Crippen LogP contribution in [0.25, 0.3) is 32.8 Å². The van der Waals surface area contributed by atoms with Crippen molar-refractivity contribution in [1.29, 1.82) is 0 Å². The summed E-state index contributed by atoms with van der Waals surface area (Å²) in [6.45, 7) is 12.3. The number of nitrogens with zero attached hydrogens (tertiary/aromatic N) is 6. The fraction of sp³-hybridized carbons (Fsp3) is 0.559. The number of anilines is 1. The molecule has 0 bridgehead atoms. The van der Waals surface area contributed by atoms with Crippen LogP contribution >= 0.6 is 0 Å². The van der Waals surface area contributed by atoms with Gasteiger partial charge in [0.25, 0.3) is 0 Å². The Morgan fingerprint density at radius 1 is 0.805 bits per heavy atom. The molecule has 2 aromatic heterocycles. The molecule has 2 saturated heterocycles. The smallest absolute Gasteiger partial charge is 0.0989 e. The van der Waals surface area contributed by atoms with Gasteiger partial charge in [-0.05, 0) is 82.4 Å². The number of aliphatic hydroxyl groups is 1. The van der Waals surface area contributed by atoms with Gasteiger partial charge in [-0.1, -0.05) is 24.3 Å². The molecule has 0 atom stereocenters. The third-order valence-corrected chi connectivity index (χ3v) is 9.84. The summed E-state index contributed by atoms with van der Waals surface area (Å²) in [6, 6.07) is 15.9. The lowest BCUT2D eigenvalue weighted by Crippen LogP contribution is -2.45. The van der Waals surface area contributed by atoms with Gasteiger partial charge in [-0.2, -0.15) is 0 Å². The second-order valence-corrected chi connectivity index (χ2v) is 12.7. The van der Waals surface area contributed by atoms with E-state index < -0.39 is 0 Å². The van der Waals surface area contributed by atoms with Gasteiger partial charge >= 0.3 is 0 Å². The summed E-state index contributed by atoms with van der Waals surface area (Å²) in [5.41, 5.74) is 7.75. The minimum Gasteiger partial charge on any atom is -0.393 e. The van der Waals surface area contributed by atoms with Crippen molar-refractivity contribution in [3.8, 4) is 0 Å². The molecular formula is C34H46N6O. The number of aliphatic hydroxyl groups excluding tert-OH is 1. The van der Waals surface area contributed by atoms with Gasteiger partial charge < -0.3 is 29.3 Å². The van der Waals surface area contributed by atoms with Crippen LogP contribution < -0.4 is 4.90 Å². The number of pyridine rings is 1. The molecule has 41 heavy (non-hydrogen) atoms. The molecule has 2 fully saturated rings. The maximum absolute atomic E-state index is 9.83. The number of likely N-dealkylation sites (N-methyl/N-ethyl adjacent to an activating group) is 1. The second-order valence-electron chi connectivity index (χ2n) is 12.7. The molecule has 0 saturated carbocycles. The van der Waals surface area contributed by atoms with Crippen molar-refractivity contribution in [1.82, 2.24) is 24.3 Å². The van der Waals surface area contributed by atoms with E-state index in [1.54, 1.807) is 0 Å². The lowest BCUT2D eigenvalue weighted by Gasteiger charge is -2.33. The second kappa shape index (κ2) is 11.9. The highest BCUT2D eigenvalue weighted by Crippen LogP contribution is 2.41. The topological polar surface area (TPSA) is 51.0 Å². The van der Waals surface area contributed by atoms with Crippen LogP contribution in [0.1, 0.15) is 37.7 Å². The van der Waals surface area contributed by atoms with Crippen LogP contribution in [-0.4, -0.2) is 108 Å². The Morgan fingerprint density at radius 3 is 2.44 bits per heavy atom. The third kappa shape index (κ3) is 5.57. The number of aryl methyl sites for hydroxylation is 2. The monoisotopic (exact) mass is 554 g/mol. The highest BCUT2D eigenvalue weighted by molar-refractivity contribution is 6.16. The average molecular weight is 555 g/mol. The number of piperidine rings is 1. The number of hydrogen-bond donors (Lipinski definition) is 1. The number of piperazine rings is 1. The van der Waals surface area contributed by atoms with Gasteiger partial charge in [0.1, 0.15) is 0 Å². The number of benzene rings is 2. The van der Waals surface area contributed by atoms with Gasteiger partial charge in [0.2, 0.25) is 0 Å². The van der Waals surface area contributed by atoms with Crippen molar-refractivity contribution in [2.75, 3.05) is 77.4 Å². The van der Waals surface area contributed by atoms with Crippen LogP contribution in [0.5, 0.6) is 0 Å². The number of likely N-dealkylation sites (tertiary alicyclic amines) is 1. The van der Waals surface area contributed by atoms with Crippen molar-refractivity contribution in [3.63, 3.8) is 0 Å². The molecule has 0 unspecified atom stereocenters. The van der Waals surface area contributed by atoms with E-state index in [2.05, 4.69) is 73.7 Å². The largest absolute Gasteiger partial charge is 0.393 e. The van der Waals surface area contributed by atoms with E-state index in [4.69, 9.17) is 4.98 Å². The first-order chi connectivity index (χ1) is 20.1. The predicted molar refractivity (Wildman–Crippen MR) is 170 cm³/mol. The summed E-state index contributed by atoms with van der Waals surface area (Å²) in [5, 5.41) is 12.4. The number of aromatic nitrogens is 2. The van der Waals surface area contributed by atoms with Crippen LogP contribution in [0.3, 0.4) is 0 Å². The Bertz CT molecular complexity index is 1500. The summed E-state index contributed by atoms with van der Waals surface area (Å²) in [4.78, 5) is 15.6. The molecule has 0 radical (unpaired) electrons. The maximum Gasteiger partial charge on any atom is 0.0989 e. The predicted octanol–water partition coefficient (Wildman–Crippen LogP) is 4.58. The van der Waals surface area contributed by atoms with Gasteiger partial charge in [-0.15, -0.1) is 0 Å².